The summed E-state index contributed by atoms with van der Waals surface area (Å²) in [5, 5.41) is 3.57. The van der Waals surface area contributed by atoms with Crippen LogP contribution in [-0.4, -0.2) is 6.54 Å². The highest BCUT2D eigenvalue weighted by Crippen LogP contribution is 2.24. The van der Waals surface area contributed by atoms with Crippen LogP contribution in [0.3, 0.4) is 0 Å². The van der Waals surface area contributed by atoms with E-state index < -0.39 is 0 Å². The van der Waals surface area contributed by atoms with Gasteiger partial charge in [0.05, 0.1) is 0 Å². The Labute approximate surface area is 167 Å². The second kappa shape index (κ2) is 12.1. The summed E-state index contributed by atoms with van der Waals surface area (Å²) in [6.45, 7) is 6.88. The molecule has 26 heavy (non-hydrogen) atoms. The molecule has 0 bridgehead atoms. The van der Waals surface area contributed by atoms with Crippen LogP contribution in [-0.2, 0) is 13.2 Å². The molecule has 0 aliphatic carbocycles. The van der Waals surface area contributed by atoms with Crippen molar-refractivity contribution < 1.29 is 4.74 Å². The third kappa shape index (κ3) is 7.92. The fraction of sp³-hybridized carbons (Fsp3) is 0.478. The second-order valence-corrected chi connectivity index (χ2v) is 7.89. The number of hydrogen-bond donors (Lipinski definition) is 1. The molecule has 2 aromatic rings. The van der Waals surface area contributed by atoms with Gasteiger partial charge in [-0.05, 0) is 43.7 Å². The van der Waals surface area contributed by atoms with Crippen LogP contribution >= 0.6 is 15.9 Å². The van der Waals surface area contributed by atoms with E-state index in [1.54, 1.807) is 0 Å². The lowest BCUT2D eigenvalue weighted by molar-refractivity contribution is 0.302. The smallest absolute Gasteiger partial charge is 0.124 e. The van der Waals surface area contributed by atoms with Crippen molar-refractivity contribution >= 4 is 15.9 Å². The third-order valence-corrected chi connectivity index (χ3v) is 5.05. The van der Waals surface area contributed by atoms with Gasteiger partial charge in [0, 0.05) is 16.6 Å². The molecular weight excluding hydrogens is 386 g/mol. The lowest BCUT2D eigenvalue weighted by Crippen LogP contribution is -2.15. The molecule has 0 amide bonds. The van der Waals surface area contributed by atoms with Crippen molar-refractivity contribution in [2.75, 3.05) is 6.54 Å². The Hall–Kier alpha value is -1.32. The summed E-state index contributed by atoms with van der Waals surface area (Å²) in [4.78, 5) is 0. The summed E-state index contributed by atoms with van der Waals surface area (Å²) in [6.07, 6.45) is 7.98. The molecule has 0 saturated carbocycles. The first-order valence-corrected chi connectivity index (χ1v) is 10.7. The first-order chi connectivity index (χ1) is 12.7. The van der Waals surface area contributed by atoms with Gasteiger partial charge in [0.25, 0.3) is 0 Å². The first kappa shape index (κ1) is 21.0. The highest BCUT2D eigenvalue weighted by molar-refractivity contribution is 9.10. The van der Waals surface area contributed by atoms with Crippen LogP contribution in [0.25, 0.3) is 0 Å². The highest BCUT2D eigenvalue weighted by atomic mass is 79.9. The van der Waals surface area contributed by atoms with Gasteiger partial charge in [-0.1, -0.05) is 84.8 Å². The fourth-order valence-electron chi connectivity index (χ4n) is 2.93. The van der Waals surface area contributed by atoms with Gasteiger partial charge in [-0.25, -0.2) is 0 Å². The zero-order valence-corrected chi connectivity index (χ0v) is 17.8. The van der Waals surface area contributed by atoms with Crippen LogP contribution in [0.15, 0.2) is 46.9 Å². The summed E-state index contributed by atoms with van der Waals surface area (Å²) in [7, 11) is 0. The second-order valence-electron chi connectivity index (χ2n) is 6.97. The van der Waals surface area contributed by atoms with Gasteiger partial charge in [0.1, 0.15) is 12.4 Å². The number of benzene rings is 2. The van der Waals surface area contributed by atoms with Gasteiger partial charge >= 0.3 is 0 Å². The largest absolute Gasteiger partial charge is 0.489 e. The fourth-order valence-corrected chi connectivity index (χ4v) is 3.33. The molecule has 0 heterocycles. The van der Waals surface area contributed by atoms with Crippen LogP contribution in [0.5, 0.6) is 5.75 Å². The predicted molar refractivity (Wildman–Crippen MR) is 115 cm³/mol. The van der Waals surface area contributed by atoms with Gasteiger partial charge in [-0.2, -0.15) is 0 Å². The molecule has 0 fully saturated rings. The minimum absolute atomic E-state index is 0.604. The standard InChI is InChI=1S/C23H32BrNO/c1-3-4-5-6-7-8-15-25-17-21-16-22(24)13-14-23(21)26-18-20-11-9-19(2)10-12-20/h9-14,16,25H,3-8,15,17-18H2,1-2H3. The van der Waals surface area contributed by atoms with E-state index in [9.17, 15) is 0 Å². The van der Waals surface area contributed by atoms with Crippen LogP contribution in [0.2, 0.25) is 0 Å². The molecule has 2 nitrogen and oxygen atoms in total. The molecule has 0 aliphatic heterocycles. The molecule has 0 spiro atoms. The molecule has 3 heteroatoms. The zero-order valence-electron chi connectivity index (χ0n) is 16.2. The maximum absolute atomic E-state index is 6.08. The Kier molecular flexibility index (Phi) is 9.80. The molecule has 0 aromatic heterocycles. The Morgan fingerprint density at radius 3 is 2.42 bits per heavy atom. The van der Waals surface area contributed by atoms with Gasteiger partial charge in [0.2, 0.25) is 0 Å². The number of ether oxygens (including phenoxy) is 1. The van der Waals surface area contributed by atoms with Gasteiger partial charge in [0.15, 0.2) is 0 Å². The maximum atomic E-state index is 6.08. The quantitative estimate of drug-likeness (QED) is 0.383. The third-order valence-electron chi connectivity index (χ3n) is 4.56. The Balaban J connectivity index is 1.78. The van der Waals surface area contributed by atoms with E-state index in [0.29, 0.717) is 6.61 Å². The van der Waals surface area contributed by atoms with Crippen molar-refractivity contribution in [2.24, 2.45) is 0 Å². The molecule has 2 rings (SSSR count). The van der Waals surface area contributed by atoms with Crippen molar-refractivity contribution in [1.82, 2.24) is 5.32 Å². The molecule has 142 valence electrons. The van der Waals surface area contributed by atoms with Gasteiger partial charge in [-0.3, -0.25) is 0 Å². The summed E-state index contributed by atoms with van der Waals surface area (Å²) in [5.41, 5.74) is 3.68. The predicted octanol–water partition coefficient (Wildman–Crippen LogP) is 6.79. The van der Waals surface area contributed by atoms with Crippen LogP contribution in [0, 0.1) is 6.92 Å². The summed E-state index contributed by atoms with van der Waals surface area (Å²) < 4.78 is 7.17. The number of unbranched alkanes of at least 4 members (excludes halogenated alkanes) is 5. The van der Waals surface area contributed by atoms with Crippen molar-refractivity contribution in [3.63, 3.8) is 0 Å². The normalized spacial score (nSPS) is 10.9. The van der Waals surface area contributed by atoms with Crippen LogP contribution in [0.1, 0.15) is 62.1 Å². The first-order valence-electron chi connectivity index (χ1n) is 9.86. The molecular formula is C23H32BrNO. The van der Waals surface area contributed by atoms with E-state index in [2.05, 4.69) is 71.5 Å². The minimum Gasteiger partial charge on any atom is -0.489 e. The summed E-state index contributed by atoms with van der Waals surface area (Å²) >= 11 is 3.57. The van der Waals surface area contributed by atoms with Gasteiger partial charge in [-0.15, -0.1) is 0 Å². The topological polar surface area (TPSA) is 21.3 Å². The number of rotatable bonds is 12. The molecule has 0 atom stereocenters. The van der Waals surface area contributed by atoms with Crippen molar-refractivity contribution in [2.45, 2.75) is 65.5 Å². The minimum atomic E-state index is 0.604. The average molecular weight is 418 g/mol. The summed E-state index contributed by atoms with van der Waals surface area (Å²) in [5.74, 6) is 0.962. The van der Waals surface area contributed by atoms with E-state index in [4.69, 9.17) is 4.74 Å². The SMILES string of the molecule is CCCCCCCCNCc1cc(Br)ccc1OCc1ccc(C)cc1. The number of halogens is 1. The van der Waals surface area contributed by atoms with E-state index >= 15 is 0 Å². The number of aryl methyl sites for hydroxylation is 1. The number of hydrogen-bond acceptors (Lipinski definition) is 2. The average Bonchev–Trinajstić information content (AvgIpc) is 2.64. The molecule has 0 unspecified atom stereocenters. The maximum Gasteiger partial charge on any atom is 0.124 e. The van der Waals surface area contributed by atoms with E-state index in [-0.39, 0.29) is 0 Å². The van der Waals surface area contributed by atoms with Crippen LogP contribution in [0.4, 0.5) is 0 Å². The Morgan fingerprint density at radius 2 is 1.65 bits per heavy atom. The monoisotopic (exact) mass is 417 g/mol. The van der Waals surface area contributed by atoms with E-state index in [1.165, 1.54) is 55.2 Å². The molecule has 0 saturated heterocycles. The molecule has 0 radical (unpaired) electrons. The molecule has 0 aliphatic rings. The molecule has 2 aromatic carbocycles. The van der Waals surface area contributed by atoms with Crippen LogP contribution < -0.4 is 10.1 Å². The number of nitrogens with one attached hydrogen (secondary N) is 1. The highest BCUT2D eigenvalue weighted by Gasteiger charge is 2.05. The lowest BCUT2D eigenvalue weighted by Gasteiger charge is -2.13. The zero-order chi connectivity index (χ0) is 18.6. The Bertz CT molecular complexity index is 639. The summed E-state index contributed by atoms with van der Waals surface area (Å²) in [6, 6.07) is 14.8. The van der Waals surface area contributed by atoms with Crippen molar-refractivity contribution in [1.29, 1.82) is 0 Å². The van der Waals surface area contributed by atoms with Crippen molar-refractivity contribution in [3.8, 4) is 5.75 Å². The van der Waals surface area contributed by atoms with E-state index in [1.807, 2.05) is 6.07 Å². The molecule has 1 N–H and O–H groups in total. The van der Waals surface area contributed by atoms with E-state index in [0.717, 1.165) is 23.3 Å². The lowest BCUT2D eigenvalue weighted by atomic mass is 10.1. The van der Waals surface area contributed by atoms with Crippen molar-refractivity contribution in [3.05, 3.63) is 63.6 Å². The van der Waals surface area contributed by atoms with Gasteiger partial charge < -0.3 is 10.1 Å². The Morgan fingerprint density at radius 1 is 0.923 bits per heavy atom.